The monoisotopic (exact) mass is 243 g/mol. The van der Waals surface area contributed by atoms with E-state index in [9.17, 15) is 4.79 Å². The van der Waals surface area contributed by atoms with Gasteiger partial charge in [0.15, 0.2) is 0 Å². The molecule has 1 N–H and O–H groups in total. The minimum atomic E-state index is 0.0176. The molecule has 15 heavy (non-hydrogen) atoms. The predicted molar refractivity (Wildman–Crippen MR) is 68.0 cm³/mol. The Kier molecular flexibility index (Phi) is 5.19. The fourth-order valence-corrected chi connectivity index (χ4v) is 2.31. The van der Waals surface area contributed by atoms with E-state index >= 15 is 0 Å². The van der Waals surface area contributed by atoms with Crippen LogP contribution >= 0.6 is 24.0 Å². The Labute approximate surface area is 100 Å². The van der Waals surface area contributed by atoms with Crippen LogP contribution in [0.15, 0.2) is 16.3 Å². The summed E-state index contributed by atoms with van der Waals surface area (Å²) in [5, 5.41) is 4.77. The van der Waals surface area contributed by atoms with Gasteiger partial charge in [0.05, 0.1) is 4.88 Å². The van der Waals surface area contributed by atoms with Gasteiger partial charge in [-0.3, -0.25) is 4.79 Å². The Bertz CT molecular complexity index is 320. The third-order valence-corrected chi connectivity index (χ3v) is 3.42. The molecular weight excluding hydrogens is 226 g/mol. The molecule has 0 radical (unpaired) electrons. The highest BCUT2D eigenvalue weighted by atomic mass is 32.1. The number of carbonyl (C=O) groups excluding carboxylic acids is 1. The van der Waals surface area contributed by atoms with E-state index in [1.807, 2.05) is 5.38 Å². The van der Waals surface area contributed by atoms with Gasteiger partial charge in [-0.1, -0.05) is 13.8 Å². The zero-order valence-corrected chi connectivity index (χ0v) is 10.8. The molecule has 1 rings (SSSR count). The van der Waals surface area contributed by atoms with Gasteiger partial charge < -0.3 is 5.32 Å². The number of carbonyl (C=O) groups is 1. The van der Waals surface area contributed by atoms with Crippen LogP contribution in [0.4, 0.5) is 0 Å². The Morgan fingerprint density at radius 3 is 2.87 bits per heavy atom. The van der Waals surface area contributed by atoms with Crippen molar-refractivity contribution in [3.63, 3.8) is 0 Å². The summed E-state index contributed by atoms with van der Waals surface area (Å²) in [4.78, 5) is 13.2. The molecule has 1 amide bonds. The number of rotatable bonds is 5. The summed E-state index contributed by atoms with van der Waals surface area (Å²) >= 11 is 5.60. The van der Waals surface area contributed by atoms with Crippen LogP contribution in [0.2, 0.25) is 0 Å². The van der Waals surface area contributed by atoms with Gasteiger partial charge in [0.1, 0.15) is 0 Å². The first-order chi connectivity index (χ1) is 7.09. The van der Waals surface area contributed by atoms with Gasteiger partial charge in [-0.2, -0.15) is 0 Å². The van der Waals surface area contributed by atoms with Crippen LogP contribution in [-0.2, 0) is 0 Å². The van der Waals surface area contributed by atoms with E-state index in [0.29, 0.717) is 5.92 Å². The van der Waals surface area contributed by atoms with Crippen LogP contribution in [0, 0.1) is 5.92 Å². The van der Waals surface area contributed by atoms with E-state index in [1.165, 1.54) is 11.3 Å². The van der Waals surface area contributed by atoms with E-state index in [0.717, 1.165) is 29.2 Å². The second-order valence-corrected chi connectivity index (χ2v) is 5.39. The van der Waals surface area contributed by atoms with Gasteiger partial charge in [0, 0.05) is 16.8 Å². The van der Waals surface area contributed by atoms with Gasteiger partial charge in [0.25, 0.3) is 5.91 Å². The number of thiophene rings is 1. The lowest BCUT2D eigenvalue weighted by Crippen LogP contribution is -2.23. The molecule has 1 aromatic rings. The summed E-state index contributed by atoms with van der Waals surface area (Å²) in [6, 6.07) is 1.80. The molecule has 0 aliphatic rings. The zero-order valence-electron chi connectivity index (χ0n) is 9.12. The molecule has 0 saturated heterocycles. The van der Waals surface area contributed by atoms with Crippen LogP contribution in [0.1, 0.15) is 36.4 Å². The quantitative estimate of drug-likeness (QED) is 0.603. The maximum Gasteiger partial charge on any atom is 0.261 e. The smallest absolute Gasteiger partial charge is 0.261 e. The van der Waals surface area contributed by atoms with Gasteiger partial charge in [-0.05, 0) is 24.8 Å². The molecule has 0 aromatic carbocycles. The standard InChI is InChI=1S/C11H17NOS2/c1-8(2)4-3-5-12-11(13)10-6-9(14)7-15-10/h6-8,14H,3-5H2,1-2H3,(H,12,13). The van der Waals surface area contributed by atoms with E-state index in [2.05, 4.69) is 31.8 Å². The summed E-state index contributed by atoms with van der Waals surface area (Å²) in [5.41, 5.74) is 0. The number of nitrogens with one attached hydrogen (secondary N) is 1. The molecule has 0 unspecified atom stereocenters. The lowest BCUT2D eigenvalue weighted by molar-refractivity contribution is 0.0956. The van der Waals surface area contributed by atoms with Gasteiger partial charge >= 0.3 is 0 Å². The fraction of sp³-hybridized carbons (Fsp3) is 0.545. The Morgan fingerprint density at radius 2 is 2.33 bits per heavy atom. The third-order valence-electron chi connectivity index (χ3n) is 2.05. The van der Waals surface area contributed by atoms with E-state index < -0.39 is 0 Å². The molecule has 4 heteroatoms. The second kappa shape index (κ2) is 6.18. The first-order valence-electron chi connectivity index (χ1n) is 5.15. The minimum absolute atomic E-state index is 0.0176. The minimum Gasteiger partial charge on any atom is -0.351 e. The largest absolute Gasteiger partial charge is 0.351 e. The van der Waals surface area contributed by atoms with Crippen LogP contribution in [0.3, 0.4) is 0 Å². The van der Waals surface area contributed by atoms with Gasteiger partial charge in [-0.15, -0.1) is 24.0 Å². The zero-order chi connectivity index (χ0) is 11.3. The molecule has 0 fully saturated rings. The Balaban J connectivity index is 2.25. The third kappa shape index (κ3) is 4.71. The Hall–Kier alpha value is -0.480. The molecule has 0 saturated carbocycles. The lowest BCUT2D eigenvalue weighted by atomic mass is 10.1. The van der Waals surface area contributed by atoms with Crippen molar-refractivity contribution >= 4 is 29.9 Å². The van der Waals surface area contributed by atoms with Crippen LogP contribution in [0.5, 0.6) is 0 Å². The van der Waals surface area contributed by atoms with Crippen molar-refractivity contribution in [1.82, 2.24) is 5.32 Å². The highest BCUT2D eigenvalue weighted by molar-refractivity contribution is 7.80. The van der Waals surface area contributed by atoms with Crippen molar-refractivity contribution in [2.45, 2.75) is 31.6 Å². The number of hydrogen-bond donors (Lipinski definition) is 2. The van der Waals surface area contributed by atoms with Crippen LogP contribution in [0.25, 0.3) is 0 Å². The van der Waals surface area contributed by atoms with E-state index in [4.69, 9.17) is 0 Å². The highest BCUT2D eigenvalue weighted by Gasteiger charge is 2.06. The van der Waals surface area contributed by atoms with Gasteiger partial charge in [-0.25, -0.2) is 0 Å². The molecule has 0 aliphatic carbocycles. The maximum atomic E-state index is 11.6. The SMILES string of the molecule is CC(C)CCCNC(=O)c1cc(S)cs1. The van der Waals surface area contributed by atoms with Crippen molar-refractivity contribution in [3.8, 4) is 0 Å². The lowest BCUT2D eigenvalue weighted by Gasteiger charge is -2.05. The molecule has 84 valence electrons. The van der Waals surface area contributed by atoms with Crippen molar-refractivity contribution in [3.05, 3.63) is 16.3 Å². The summed E-state index contributed by atoms with van der Waals surface area (Å²) in [6.45, 7) is 5.14. The van der Waals surface area contributed by atoms with Crippen molar-refractivity contribution in [2.24, 2.45) is 5.92 Å². The summed E-state index contributed by atoms with van der Waals surface area (Å²) < 4.78 is 0. The van der Waals surface area contributed by atoms with Crippen molar-refractivity contribution < 1.29 is 4.79 Å². The molecule has 0 aliphatic heterocycles. The molecule has 1 heterocycles. The van der Waals surface area contributed by atoms with Crippen molar-refractivity contribution in [1.29, 1.82) is 0 Å². The van der Waals surface area contributed by atoms with Crippen molar-refractivity contribution in [2.75, 3.05) is 6.54 Å². The van der Waals surface area contributed by atoms with Crippen LogP contribution in [-0.4, -0.2) is 12.5 Å². The first kappa shape index (κ1) is 12.6. The molecule has 1 aromatic heterocycles. The topological polar surface area (TPSA) is 29.1 Å². The molecule has 0 atom stereocenters. The normalized spacial score (nSPS) is 10.7. The van der Waals surface area contributed by atoms with Crippen LogP contribution < -0.4 is 5.32 Å². The molecular formula is C11H17NOS2. The Morgan fingerprint density at radius 1 is 1.60 bits per heavy atom. The number of hydrogen-bond acceptors (Lipinski definition) is 3. The summed E-state index contributed by atoms with van der Waals surface area (Å²) in [7, 11) is 0. The first-order valence-corrected chi connectivity index (χ1v) is 6.48. The molecule has 0 bridgehead atoms. The average Bonchev–Trinajstić information content (AvgIpc) is 2.59. The molecule has 0 spiro atoms. The summed E-state index contributed by atoms with van der Waals surface area (Å²) in [6.07, 6.45) is 2.20. The average molecular weight is 243 g/mol. The predicted octanol–water partition coefficient (Wildman–Crippen LogP) is 3.20. The fourth-order valence-electron chi connectivity index (χ4n) is 1.24. The maximum absolute atomic E-state index is 11.6. The number of amides is 1. The number of thiol groups is 1. The summed E-state index contributed by atoms with van der Waals surface area (Å²) in [5.74, 6) is 0.719. The van der Waals surface area contributed by atoms with E-state index in [-0.39, 0.29) is 5.91 Å². The second-order valence-electron chi connectivity index (χ2n) is 3.96. The van der Waals surface area contributed by atoms with E-state index in [1.54, 1.807) is 6.07 Å². The molecule has 2 nitrogen and oxygen atoms in total. The van der Waals surface area contributed by atoms with Gasteiger partial charge in [0.2, 0.25) is 0 Å². The highest BCUT2D eigenvalue weighted by Crippen LogP contribution is 2.17.